The lowest BCUT2D eigenvalue weighted by atomic mass is 10.00. The summed E-state index contributed by atoms with van der Waals surface area (Å²) in [4.78, 5) is 14.9. The van der Waals surface area contributed by atoms with Crippen LogP contribution in [0.3, 0.4) is 0 Å². The van der Waals surface area contributed by atoms with Crippen LogP contribution in [0.4, 0.5) is 0 Å². The smallest absolute Gasteiger partial charge is 0.220 e. The molecule has 0 bridgehead atoms. The molecule has 0 spiro atoms. The van der Waals surface area contributed by atoms with Gasteiger partial charge in [-0.3, -0.25) is 4.79 Å². The van der Waals surface area contributed by atoms with E-state index in [0.717, 1.165) is 18.4 Å². The lowest BCUT2D eigenvalue weighted by Gasteiger charge is -2.31. The highest BCUT2D eigenvalue weighted by atomic mass is 16.6. The monoisotopic (exact) mass is 534 g/mol. The third-order valence-electron chi connectivity index (χ3n) is 7.51. The first-order chi connectivity index (χ1) is 17.9. The number of aliphatic hydroxyl groups excluding tert-OH is 1. The second kappa shape index (κ2) is 20.2. The molecule has 6 nitrogen and oxygen atoms in total. The van der Waals surface area contributed by atoms with E-state index in [4.69, 9.17) is 9.47 Å². The number of rotatable bonds is 20. The number of carbonyl (C=O) groups is 1. The van der Waals surface area contributed by atoms with Crippen LogP contribution in [0.5, 0.6) is 11.5 Å². The second-order valence-corrected chi connectivity index (χ2v) is 11.0. The average molecular weight is 535 g/mol. The summed E-state index contributed by atoms with van der Waals surface area (Å²) < 4.78 is 11.3. The van der Waals surface area contributed by atoms with Crippen LogP contribution in [-0.2, 0) is 4.79 Å². The zero-order chi connectivity index (χ0) is 26.9. The van der Waals surface area contributed by atoms with Crippen molar-refractivity contribution in [1.29, 1.82) is 0 Å². The van der Waals surface area contributed by atoms with Gasteiger partial charge in [0.05, 0.1) is 6.04 Å². The number of amides is 1. The largest absolute Gasteiger partial charge is 0.486 e. The molecule has 0 saturated heterocycles. The summed E-state index contributed by atoms with van der Waals surface area (Å²) in [5.74, 6) is 1.36. The topological polar surface area (TPSA) is 71.0 Å². The van der Waals surface area contributed by atoms with E-state index in [9.17, 15) is 9.90 Å². The number of fused-ring (bicyclic) bond motifs is 1. The number of ether oxygens (including phenoxy) is 2. The van der Waals surface area contributed by atoms with Gasteiger partial charge in [-0.05, 0) is 45.0 Å². The standard InChI is InChI=1S/C31H54N2O4.CH4/c1-5-6-7-8-9-10-11-12-13-14-15-16-17-18-30(34)32-27(24-33(4)25(2)3)31(35)26-19-20-28-29(23-26)37-22-21-36-28;/h19-20,23,25,27,31,35H,5-18,21-22,24H2,1-4H3,(H,32,34);1H4/t27-,31-;/m1./s1. The molecule has 6 heteroatoms. The Morgan fingerprint density at radius 2 is 1.42 bits per heavy atom. The van der Waals surface area contributed by atoms with Crippen molar-refractivity contribution in [3.05, 3.63) is 23.8 Å². The first-order valence-corrected chi connectivity index (χ1v) is 15.0. The molecule has 1 aliphatic rings. The summed E-state index contributed by atoms with van der Waals surface area (Å²) in [6, 6.07) is 5.45. The molecule has 1 amide bonds. The first kappa shape index (κ1) is 34.2. The minimum absolute atomic E-state index is 0. The van der Waals surface area contributed by atoms with Crippen molar-refractivity contribution < 1.29 is 19.4 Å². The summed E-state index contributed by atoms with van der Waals surface area (Å²) in [5.41, 5.74) is 0.729. The number of likely N-dealkylation sites (N-methyl/N-ethyl adjacent to an activating group) is 1. The molecule has 2 atom stereocenters. The molecule has 0 radical (unpaired) electrons. The Hall–Kier alpha value is -1.79. The van der Waals surface area contributed by atoms with Gasteiger partial charge in [0, 0.05) is 19.0 Å². The molecule has 0 fully saturated rings. The second-order valence-electron chi connectivity index (χ2n) is 11.0. The zero-order valence-electron chi connectivity index (χ0n) is 24.1. The number of hydrogen-bond acceptors (Lipinski definition) is 5. The molecular formula is C32H58N2O4. The van der Waals surface area contributed by atoms with Crippen LogP contribution >= 0.6 is 0 Å². The molecule has 2 rings (SSSR count). The molecule has 1 aromatic rings. The van der Waals surface area contributed by atoms with Crippen LogP contribution in [0.1, 0.15) is 130 Å². The van der Waals surface area contributed by atoms with Crippen molar-refractivity contribution in [2.75, 3.05) is 26.8 Å². The SMILES string of the molecule is C.CCCCCCCCCCCCCCCC(=O)N[C@H](CN(C)C(C)C)[C@H](O)c1ccc2c(c1)OCCO2. The van der Waals surface area contributed by atoms with Gasteiger partial charge in [0.2, 0.25) is 5.91 Å². The predicted molar refractivity (Wildman–Crippen MR) is 159 cm³/mol. The number of unbranched alkanes of at least 4 members (excludes halogenated alkanes) is 12. The van der Waals surface area contributed by atoms with Crippen molar-refractivity contribution in [3.63, 3.8) is 0 Å². The fourth-order valence-corrected chi connectivity index (χ4v) is 4.80. The predicted octanol–water partition coefficient (Wildman–Crippen LogP) is 7.43. The Kier molecular flexibility index (Phi) is 18.2. The van der Waals surface area contributed by atoms with Gasteiger partial charge in [0.1, 0.15) is 19.3 Å². The minimum atomic E-state index is -0.826. The number of aliphatic hydroxyl groups is 1. The van der Waals surface area contributed by atoms with Crippen molar-refractivity contribution >= 4 is 5.91 Å². The van der Waals surface area contributed by atoms with Gasteiger partial charge >= 0.3 is 0 Å². The van der Waals surface area contributed by atoms with Gasteiger partial charge in [0.25, 0.3) is 0 Å². The maximum Gasteiger partial charge on any atom is 0.220 e. The van der Waals surface area contributed by atoms with Crippen molar-refractivity contribution in [2.45, 2.75) is 136 Å². The maximum absolute atomic E-state index is 12.8. The third-order valence-corrected chi connectivity index (χ3v) is 7.51. The molecule has 1 aromatic carbocycles. The number of nitrogens with zero attached hydrogens (tertiary/aromatic N) is 1. The Morgan fingerprint density at radius 3 is 1.97 bits per heavy atom. The number of benzene rings is 1. The summed E-state index contributed by atoms with van der Waals surface area (Å²) >= 11 is 0. The molecule has 2 N–H and O–H groups in total. The fraction of sp³-hybridized carbons (Fsp3) is 0.781. The molecule has 1 heterocycles. The van der Waals surface area contributed by atoms with Crippen molar-refractivity contribution in [3.8, 4) is 11.5 Å². The van der Waals surface area contributed by atoms with E-state index in [0.29, 0.717) is 43.7 Å². The van der Waals surface area contributed by atoms with Gasteiger partial charge < -0.3 is 24.8 Å². The summed E-state index contributed by atoms with van der Waals surface area (Å²) in [5, 5.41) is 14.3. The van der Waals surface area contributed by atoms with Crippen LogP contribution in [0.25, 0.3) is 0 Å². The van der Waals surface area contributed by atoms with Gasteiger partial charge in [-0.15, -0.1) is 0 Å². The van der Waals surface area contributed by atoms with E-state index < -0.39 is 12.1 Å². The molecular weight excluding hydrogens is 476 g/mol. The van der Waals surface area contributed by atoms with E-state index in [1.165, 1.54) is 70.6 Å². The third kappa shape index (κ3) is 13.3. The Morgan fingerprint density at radius 1 is 0.895 bits per heavy atom. The van der Waals surface area contributed by atoms with Crippen molar-refractivity contribution in [2.24, 2.45) is 0 Å². The number of hydrogen-bond donors (Lipinski definition) is 2. The van der Waals surface area contributed by atoms with Crippen LogP contribution in [-0.4, -0.2) is 54.8 Å². The lowest BCUT2D eigenvalue weighted by Crippen LogP contribution is -2.47. The normalized spacial score (nSPS) is 14.3. The van der Waals surface area contributed by atoms with E-state index in [-0.39, 0.29) is 13.3 Å². The Balaban J connectivity index is 0.00000722. The Labute approximate surface area is 233 Å². The van der Waals surface area contributed by atoms with Crippen LogP contribution in [0, 0.1) is 0 Å². The summed E-state index contributed by atoms with van der Waals surface area (Å²) in [6.07, 6.45) is 16.4. The first-order valence-electron chi connectivity index (χ1n) is 15.0. The molecule has 0 saturated carbocycles. The van der Waals surface area contributed by atoms with E-state index in [2.05, 4.69) is 31.0 Å². The van der Waals surface area contributed by atoms with Gasteiger partial charge in [-0.2, -0.15) is 0 Å². The zero-order valence-corrected chi connectivity index (χ0v) is 24.1. The molecule has 0 aromatic heterocycles. The van der Waals surface area contributed by atoms with Crippen LogP contribution in [0.2, 0.25) is 0 Å². The quantitative estimate of drug-likeness (QED) is 0.170. The minimum Gasteiger partial charge on any atom is -0.486 e. The van der Waals surface area contributed by atoms with Gasteiger partial charge in [-0.1, -0.05) is 97.5 Å². The molecule has 0 unspecified atom stereocenters. The lowest BCUT2D eigenvalue weighted by molar-refractivity contribution is -0.123. The fourth-order valence-electron chi connectivity index (χ4n) is 4.80. The van der Waals surface area contributed by atoms with Crippen molar-refractivity contribution in [1.82, 2.24) is 10.2 Å². The highest BCUT2D eigenvalue weighted by molar-refractivity contribution is 5.76. The van der Waals surface area contributed by atoms with Crippen LogP contribution < -0.4 is 14.8 Å². The van der Waals surface area contributed by atoms with Gasteiger partial charge in [0.15, 0.2) is 11.5 Å². The Bertz CT molecular complexity index is 755. The molecule has 38 heavy (non-hydrogen) atoms. The maximum atomic E-state index is 12.8. The number of nitrogens with one attached hydrogen (secondary N) is 1. The van der Waals surface area contributed by atoms with E-state index in [1.54, 1.807) is 0 Å². The average Bonchev–Trinajstić information content (AvgIpc) is 2.90. The summed E-state index contributed by atoms with van der Waals surface area (Å²) in [7, 11) is 2.02. The molecule has 0 aliphatic carbocycles. The van der Waals surface area contributed by atoms with Crippen LogP contribution in [0.15, 0.2) is 18.2 Å². The summed E-state index contributed by atoms with van der Waals surface area (Å²) in [6.45, 7) is 8.10. The highest BCUT2D eigenvalue weighted by Crippen LogP contribution is 2.33. The van der Waals surface area contributed by atoms with E-state index >= 15 is 0 Å². The number of carbonyl (C=O) groups excluding carboxylic acids is 1. The van der Waals surface area contributed by atoms with E-state index in [1.807, 2.05) is 25.2 Å². The van der Waals surface area contributed by atoms with Gasteiger partial charge in [-0.25, -0.2) is 0 Å². The molecule has 220 valence electrons. The highest BCUT2D eigenvalue weighted by Gasteiger charge is 2.26. The molecule has 1 aliphatic heterocycles.